The van der Waals surface area contributed by atoms with Gasteiger partial charge in [-0.15, -0.1) is 0 Å². The molecule has 0 fully saturated rings. The highest BCUT2D eigenvalue weighted by molar-refractivity contribution is 5.71. The van der Waals surface area contributed by atoms with Crippen LogP contribution in [0.5, 0.6) is 0 Å². The molecule has 0 saturated carbocycles. The summed E-state index contributed by atoms with van der Waals surface area (Å²) in [7, 11) is 0. The predicted molar refractivity (Wildman–Crippen MR) is 118 cm³/mol. The molecule has 1 heterocycles. The molecule has 0 aliphatic rings. The molecule has 2 heteroatoms. The van der Waals surface area contributed by atoms with Gasteiger partial charge in [0, 0.05) is 17.3 Å². The number of benzene rings is 3. The third kappa shape index (κ3) is 3.27. The number of rotatable bonds is 3. The molecule has 0 aliphatic carbocycles. The Labute approximate surface area is 167 Å². The minimum absolute atomic E-state index is 0.978. The molecule has 4 aromatic rings. The van der Waals surface area contributed by atoms with Crippen LogP contribution < -0.4 is 0 Å². The first-order valence-electron chi connectivity index (χ1n) is 9.74. The van der Waals surface area contributed by atoms with Gasteiger partial charge >= 0.3 is 0 Å². The van der Waals surface area contributed by atoms with E-state index in [-0.39, 0.29) is 0 Å². The Balaban J connectivity index is 2.00. The second-order valence-corrected chi connectivity index (χ2v) is 7.75. The molecule has 3 aromatic carbocycles. The van der Waals surface area contributed by atoms with E-state index in [0.717, 1.165) is 17.1 Å². The fourth-order valence-corrected chi connectivity index (χ4v) is 4.04. The van der Waals surface area contributed by atoms with Crippen LogP contribution in [-0.4, -0.2) is 9.55 Å². The lowest BCUT2D eigenvalue weighted by molar-refractivity contribution is 1.03. The summed E-state index contributed by atoms with van der Waals surface area (Å²) in [5.41, 5.74) is 10.9. The van der Waals surface area contributed by atoms with Gasteiger partial charge in [-0.2, -0.15) is 0 Å². The van der Waals surface area contributed by atoms with Gasteiger partial charge in [0.1, 0.15) is 5.82 Å². The highest BCUT2D eigenvalue weighted by atomic mass is 15.1. The van der Waals surface area contributed by atoms with Crippen molar-refractivity contribution in [2.75, 3.05) is 0 Å². The highest BCUT2D eigenvalue weighted by Crippen LogP contribution is 2.32. The van der Waals surface area contributed by atoms with Crippen LogP contribution in [0.3, 0.4) is 0 Å². The summed E-state index contributed by atoms with van der Waals surface area (Å²) in [5.74, 6) is 0.978. The van der Waals surface area contributed by atoms with Gasteiger partial charge < -0.3 is 0 Å². The molecule has 1 aromatic heterocycles. The van der Waals surface area contributed by atoms with Gasteiger partial charge in [0.25, 0.3) is 0 Å². The second-order valence-electron chi connectivity index (χ2n) is 7.75. The van der Waals surface area contributed by atoms with Crippen LogP contribution in [0.1, 0.15) is 27.8 Å². The molecular formula is C26H26N2. The van der Waals surface area contributed by atoms with Crippen LogP contribution in [0.15, 0.2) is 66.9 Å². The van der Waals surface area contributed by atoms with E-state index in [1.165, 1.54) is 39.1 Å². The van der Waals surface area contributed by atoms with Gasteiger partial charge in [-0.25, -0.2) is 4.98 Å². The normalized spacial score (nSPS) is 11.0. The molecule has 0 bridgehead atoms. The Morgan fingerprint density at radius 2 is 1.36 bits per heavy atom. The lowest BCUT2D eigenvalue weighted by atomic mass is 10.0. The zero-order valence-electron chi connectivity index (χ0n) is 17.2. The van der Waals surface area contributed by atoms with E-state index in [0.29, 0.717) is 0 Å². The summed E-state index contributed by atoms with van der Waals surface area (Å²) in [4.78, 5) is 5.10. The Kier molecular flexibility index (Phi) is 4.64. The summed E-state index contributed by atoms with van der Waals surface area (Å²) in [6.07, 6.45) is 2.19. The van der Waals surface area contributed by atoms with Crippen molar-refractivity contribution in [3.63, 3.8) is 0 Å². The van der Waals surface area contributed by atoms with E-state index >= 15 is 0 Å². The summed E-state index contributed by atoms with van der Waals surface area (Å²) in [6, 6.07) is 21.5. The van der Waals surface area contributed by atoms with E-state index in [1.807, 2.05) is 6.07 Å². The molecule has 0 atom stereocenters. The van der Waals surface area contributed by atoms with Crippen molar-refractivity contribution in [2.45, 2.75) is 34.6 Å². The van der Waals surface area contributed by atoms with Crippen molar-refractivity contribution in [3.8, 4) is 28.3 Å². The maximum absolute atomic E-state index is 5.10. The monoisotopic (exact) mass is 366 g/mol. The molecular weight excluding hydrogens is 340 g/mol. The number of hydrogen-bond acceptors (Lipinski definition) is 1. The first-order chi connectivity index (χ1) is 13.4. The number of hydrogen-bond donors (Lipinski definition) is 0. The molecule has 0 saturated heterocycles. The lowest BCUT2D eigenvalue weighted by Crippen LogP contribution is -2.02. The molecule has 0 radical (unpaired) electrons. The fraction of sp³-hybridized carbons (Fsp3) is 0.192. The fourth-order valence-electron chi connectivity index (χ4n) is 4.04. The minimum atomic E-state index is 0.978. The minimum Gasteiger partial charge on any atom is -0.299 e. The van der Waals surface area contributed by atoms with Gasteiger partial charge in [-0.3, -0.25) is 4.57 Å². The van der Waals surface area contributed by atoms with Crippen molar-refractivity contribution in [1.29, 1.82) is 0 Å². The quantitative estimate of drug-likeness (QED) is 0.392. The molecule has 0 N–H and O–H groups in total. The Morgan fingerprint density at radius 3 is 2.04 bits per heavy atom. The Hall–Kier alpha value is -3.13. The highest BCUT2D eigenvalue weighted by Gasteiger charge is 2.17. The van der Waals surface area contributed by atoms with Gasteiger partial charge in [-0.05, 0) is 57.4 Å². The first kappa shape index (κ1) is 18.2. The summed E-state index contributed by atoms with van der Waals surface area (Å²) in [5, 5.41) is 0. The molecule has 0 aliphatic heterocycles. The summed E-state index contributed by atoms with van der Waals surface area (Å²) in [6.45, 7) is 10.8. The molecule has 4 rings (SSSR count). The average molecular weight is 367 g/mol. The van der Waals surface area contributed by atoms with Crippen molar-refractivity contribution in [1.82, 2.24) is 9.55 Å². The second kappa shape index (κ2) is 7.12. The number of aromatic nitrogens is 2. The van der Waals surface area contributed by atoms with Crippen LogP contribution in [0.25, 0.3) is 28.3 Å². The number of imidazole rings is 1. The van der Waals surface area contributed by atoms with Crippen molar-refractivity contribution >= 4 is 0 Å². The Bertz CT molecular complexity index is 1130. The van der Waals surface area contributed by atoms with Crippen LogP contribution in [0.2, 0.25) is 0 Å². The third-order valence-corrected chi connectivity index (χ3v) is 5.28. The average Bonchev–Trinajstić information content (AvgIpc) is 3.08. The Morgan fingerprint density at radius 1 is 0.679 bits per heavy atom. The molecule has 140 valence electrons. The summed E-state index contributed by atoms with van der Waals surface area (Å²) >= 11 is 0. The van der Waals surface area contributed by atoms with Crippen LogP contribution >= 0.6 is 0 Å². The van der Waals surface area contributed by atoms with E-state index in [9.17, 15) is 0 Å². The molecule has 0 spiro atoms. The standard InChI is InChI=1S/C26H26N2/c1-17-11-12-19(3)23(15-17)24-16-28(25-20(4)13-18(2)14-21(25)5)26(27-24)22-9-7-6-8-10-22/h6-16H,1-5H3. The van der Waals surface area contributed by atoms with E-state index in [1.54, 1.807) is 0 Å². The predicted octanol–water partition coefficient (Wildman–Crippen LogP) is 6.75. The number of nitrogens with zero attached hydrogens (tertiary/aromatic N) is 2. The van der Waals surface area contributed by atoms with Gasteiger partial charge in [0.2, 0.25) is 0 Å². The maximum Gasteiger partial charge on any atom is 0.145 e. The molecule has 28 heavy (non-hydrogen) atoms. The van der Waals surface area contributed by atoms with Gasteiger partial charge in [-0.1, -0.05) is 65.7 Å². The van der Waals surface area contributed by atoms with E-state index in [2.05, 4.69) is 100.0 Å². The van der Waals surface area contributed by atoms with Crippen molar-refractivity contribution in [2.24, 2.45) is 0 Å². The molecule has 2 nitrogen and oxygen atoms in total. The molecule has 0 amide bonds. The maximum atomic E-state index is 5.10. The van der Waals surface area contributed by atoms with Gasteiger partial charge in [0.15, 0.2) is 0 Å². The topological polar surface area (TPSA) is 17.8 Å². The smallest absolute Gasteiger partial charge is 0.145 e. The van der Waals surface area contributed by atoms with Crippen molar-refractivity contribution < 1.29 is 0 Å². The van der Waals surface area contributed by atoms with Gasteiger partial charge in [0.05, 0.1) is 11.4 Å². The number of aryl methyl sites for hydroxylation is 5. The van der Waals surface area contributed by atoms with Crippen LogP contribution in [-0.2, 0) is 0 Å². The largest absolute Gasteiger partial charge is 0.299 e. The first-order valence-corrected chi connectivity index (χ1v) is 9.74. The molecule has 0 unspecified atom stereocenters. The zero-order valence-corrected chi connectivity index (χ0v) is 17.2. The van der Waals surface area contributed by atoms with Crippen LogP contribution in [0.4, 0.5) is 0 Å². The van der Waals surface area contributed by atoms with Crippen LogP contribution in [0, 0.1) is 34.6 Å². The third-order valence-electron chi connectivity index (χ3n) is 5.28. The van der Waals surface area contributed by atoms with E-state index in [4.69, 9.17) is 4.98 Å². The van der Waals surface area contributed by atoms with Crippen molar-refractivity contribution in [3.05, 3.63) is 94.7 Å². The summed E-state index contributed by atoms with van der Waals surface area (Å²) < 4.78 is 2.26. The zero-order chi connectivity index (χ0) is 19.8. The SMILES string of the molecule is Cc1cc(C)c(-n2cc(-c3cc(C)ccc3C)nc2-c2ccccc2)c(C)c1. The lowest BCUT2D eigenvalue weighted by Gasteiger charge is -2.15. The van der Waals surface area contributed by atoms with E-state index < -0.39 is 0 Å².